The van der Waals surface area contributed by atoms with E-state index in [2.05, 4.69) is 5.32 Å². The van der Waals surface area contributed by atoms with Crippen molar-refractivity contribution in [1.82, 2.24) is 0 Å². The Bertz CT molecular complexity index is 626. The lowest BCUT2D eigenvalue weighted by Crippen LogP contribution is -2.14. The molecule has 0 atom stereocenters. The predicted molar refractivity (Wildman–Crippen MR) is 76.7 cm³/mol. The normalized spacial score (nSPS) is 10.2. The first-order chi connectivity index (χ1) is 9.61. The molecular formula is C16H16FNO2. The van der Waals surface area contributed by atoms with Crippen LogP contribution in [-0.4, -0.2) is 12.5 Å². The maximum atomic E-state index is 13.2. The maximum Gasteiger partial charge on any atom is 0.256 e. The number of carbonyl (C=O) groups excluding carboxylic acids is 1. The van der Waals surface area contributed by atoms with Gasteiger partial charge in [-0.3, -0.25) is 4.79 Å². The Morgan fingerprint density at radius 1 is 1.25 bits per heavy atom. The molecule has 1 N–H and O–H groups in total. The molecule has 0 radical (unpaired) electrons. The highest BCUT2D eigenvalue weighted by atomic mass is 19.1. The van der Waals surface area contributed by atoms with Crippen molar-refractivity contribution >= 4 is 11.6 Å². The smallest absolute Gasteiger partial charge is 0.256 e. The van der Waals surface area contributed by atoms with Gasteiger partial charge < -0.3 is 10.1 Å². The molecule has 0 aromatic heterocycles. The van der Waals surface area contributed by atoms with Crippen molar-refractivity contribution in [3.8, 4) is 5.75 Å². The van der Waals surface area contributed by atoms with Crippen LogP contribution < -0.4 is 10.1 Å². The number of nitrogens with one attached hydrogen (secondary N) is 1. The average Bonchev–Trinajstić information content (AvgIpc) is 2.44. The first-order valence-electron chi connectivity index (χ1n) is 6.41. The summed E-state index contributed by atoms with van der Waals surface area (Å²) in [6, 6.07) is 11.3. The number of aryl methyl sites for hydroxylation is 1. The molecule has 0 fully saturated rings. The van der Waals surface area contributed by atoms with Crippen LogP contribution in [0.3, 0.4) is 0 Å². The summed E-state index contributed by atoms with van der Waals surface area (Å²) < 4.78 is 18.7. The van der Waals surface area contributed by atoms with E-state index in [-0.39, 0.29) is 5.91 Å². The molecule has 0 bridgehead atoms. The summed E-state index contributed by atoms with van der Waals surface area (Å²) in [6.45, 7) is 4.14. The van der Waals surface area contributed by atoms with E-state index in [0.29, 0.717) is 23.6 Å². The Kier molecular flexibility index (Phi) is 4.35. The van der Waals surface area contributed by atoms with Crippen LogP contribution in [0.2, 0.25) is 0 Å². The molecule has 104 valence electrons. The number of ether oxygens (including phenoxy) is 1. The van der Waals surface area contributed by atoms with Gasteiger partial charge in [0.2, 0.25) is 0 Å². The van der Waals surface area contributed by atoms with Crippen molar-refractivity contribution in [1.29, 1.82) is 0 Å². The lowest BCUT2D eigenvalue weighted by molar-refractivity contribution is 0.102. The fourth-order valence-electron chi connectivity index (χ4n) is 1.88. The Hall–Kier alpha value is -2.36. The molecule has 2 aromatic rings. The van der Waals surface area contributed by atoms with Gasteiger partial charge in [-0.25, -0.2) is 4.39 Å². The van der Waals surface area contributed by atoms with Gasteiger partial charge in [0.05, 0.1) is 12.3 Å². The van der Waals surface area contributed by atoms with Crippen LogP contribution in [-0.2, 0) is 0 Å². The Labute approximate surface area is 117 Å². The molecule has 0 spiro atoms. The minimum absolute atomic E-state index is 0.316. The van der Waals surface area contributed by atoms with Crippen LogP contribution in [0.25, 0.3) is 0 Å². The molecule has 0 heterocycles. The van der Waals surface area contributed by atoms with Crippen molar-refractivity contribution in [2.75, 3.05) is 11.9 Å². The fraction of sp³-hybridized carbons (Fsp3) is 0.188. The van der Waals surface area contributed by atoms with Crippen LogP contribution >= 0.6 is 0 Å². The first-order valence-corrected chi connectivity index (χ1v) is 6.41. The second kappa shape index (κ2) is 6.19. The van der Waals surface area contributed by atoms with Gasteiger partial charge in [-0.15, -0.1) is 0 Å². The average molecular weight is 273 g/mol. The van der Waals surface area contributed by atoms with Crippen LogP contribution in [0.5, 0.6) is 5.75 Å². The molecule has 0 saturated heterocycles. The van der Waals surface area contributed by atoms with Crippen molar-refractivity contribution in [3.63, 3.8) is 0 Å². The van der Waals surface area contributed by atoms with Gasteiger partial charge in [0.1, 0.15) is 11.6 Å². The predicted octanol–water partition coefficient (Wildman–Crippen LogP) is 3.79. The highest BCUT2D eigenvalue weighted by Gasteiger charge is 2.12. The number of rotatable bonds is 4. The SMILES string of the molecule is CCOc1ccccc1NC(=O)c1cc(F)ccc1C. The van der Waals surface area contributed by atoms with Crippen LogP contribution in [0.15, 0.2) is 42.5 Å². The largest absolute Gasteiger partial charge is 0.492 e. The topological polar surface area (TPSA) is 38.3 Å². The summed E-state index contributed by atoms with van der Waals surface area (Å²) in [7, 11) is 0. The highest BCUT2D eigenvalue weighted by Crippen LogP contribution is 2.24. The number of benzene rings is 2. The van der Waals surface area contributed by atoms with E-state index in [1.54, 1.807) is 31.2 Å². The zero-order valence-electron chi connectivity index (χ0n) is 11.4. The van der Waals surface area contributed by atoms with Crippen LogP contribution in [0.4, 0.5) is 10.1 Å². The second-order valence-electron chi connectivity index (χ2n) is 4.34. The number of para-hydroxylation sites is 2. The molecule has 20 heavy (non-hydrogen) atoms. The summed E-state index contributed by atoms with van der Waals surface area (Å²) in [5.74, 6) is -0.189. The van der Waals surface area contributed by atoms with E-state index < -0.39 is 5.82 Å². The lowest BCUT2D eigenvalue weighted by Gasteiger charge is -2.12. The number of hydrogen-bond donors (Lipinski definition) is 1. The van der Waals surface area contributed by atoms with Gasteiger partial charge in [-0.2, -0.15) is 0 Å². The van der Waals surface area contributed by atoms with Crippen molar-refractivity contribution < 1.29 is 13.9 Å². The van der Waals surface area contributed by atoms with Crippen LogP contribution in [0.1, 0.15) is 22.8 Å². The summed E-state index contributed by atoms with van der Waals surface area (Å²) in [6.07, 6.45) is 0. The molecule has 4 heteroatoms. The van der Waals surface area contributed by atoms with Crippen LogP contribution in [0, 0.1) is 12.7 Å². The van der Waals surface area contributed by atoms with Gasteiger partial charge in [0, 0.05) is 5.56 Å². The van der Waals surface area contributed by atoms with Gasteiger partial charge in [0.15, 0.2) is 0 Å². The first kappa shape index (κ1) is 14.1. The Morgan fingerprint density at radius 3 is 2.75 bits per heavy atom. The Morgan fingerprint density at radius 2 is 2.00 bits per heavy atom. The fourth-order valence-corrected chi connectivity index (χ4v) is 1.88. The number of anilines is 1. The molecular weight excluding hydrogens is 257 g/mol. The molecule has 0 aliphatic carbocycles. The Balaban J connectivity index is 2.26. The lowest BCUT2D eigenvalue weighted by atomic mass is 10.1. The van der Waals surface area contributed by atoms with Crippen molar-refractivity contribution in [3.05, 3.63) is 59.4 Å². The van der Waals surface area contributed by atoms with E-state index in [9.17, 15) is 9.18 Å². The molecule has 2 aromatic carbocycles. The van der Waals surface area contributed by atoms with Gasteiger partial charge in [-0.05, 0) is 43.7 Å². The van der Waals surface area contributed by atoms with E-state index in [0.717, 1.165) is 5.56 Å². The van der Waals surface area contributed by atoms with E-state index in [1.807, 2.05) is 13.0 Å². The monoisotopic (exact) mass is 273 g/mol. The zero-order valence-corrected chi connectivity index (χ0v) is 11.4. The molecule has 2 rings (SSSR count). The molecule has 0 saturated carbocycles. The molecule has 0 aliphatic rings. The van der Waals surface area contributed by atoms with E-state index >= 15 is 0 Å². The number of hydrogen-bond acceptors (Lipinski definition) is 2. The minimum atomic E-state index is -0.432. The highest BCUT2D eigenvalue weighted by molar-refractivity contribution is 6.05. The van der Waals surface area contributed by atoms with Gasteiger partial charge in [0.25, 0.3) is 5.91 Å². The van der Waals surface area contributed by atoms with Gasteiger partial charge >= 0.3 is 0 Å². The summed E-state index contributed by atoms with van der Waals surface area (Å²) in [5.41, 5.74) is 1.61. The van der Waals surface area contributed by atoms with Crippen molar-refractivity contribution in [2.45, 2.75) is 13.8 Å². The maximum absolute atomic E-state index is 13.2. The summed E-state index contributed by atoms with van der Waals surface area (Å²) in [4.78, 5) is 12.2. The third-order valence-electron chi connectivity index (χ3n) is 2.88. The molecule has 1 amide bonds. The zero-order chi connectivity index (χ0) is 14.5. The van der Waals surface area contributed by atoms with Crippen molar-refractivity contribution in [2.24, 2.45) is 0 Å². The molecule has 3 nitrogen and oxygen atoms in total. The standard InChI is InChI=1S/C16H16FNO2/c1-3-20-15-7-5-4-6-14(15)18-16(19)13-10-12(17)9-8-11(13)2/h4-10H,3H2,1-2H3,(H,18,19). The number of halogens is 1. The van der Waals surface area contributed by atoms with E-state index in [1.165, 1.54) is 12.1 Å². The minimum Gasteiger partial charge on any atom is -0.492 e. The van der Waals surface area contributed by atoms with Gasteiger partial charge in [-0.1, -0.05) is 18.2 Å². The quantitative estimate of drug-likeness (QED) is 0.920. The number of carbonyl (C=O) groups is 1. The molecule has 0 aliphatic heterocycles. The third-order valence-corrected chi connectivity index (χ3v) is 2.88. The summed E-state index contributed by atoms with van der Waals surface area (Å²) >= 11 is 0. The second-order valence-corrected chi connectivity index (χ2v) is 4.34. The molecule has 0 unspecified atom stereocenters. The summed E-state index contributed by atoms with van der Waals surface area (Å²) in [5, 5.41) is 2.75. The number of amides is 1. The van der Waals surface area contributed by atoms with E-state index in [4.69, 9.17) is 4.74 Å². The third kappa shape index (κ3) is 3.15.